The third kappa shape index (κ3) is 3.57. The number of halogens is 1. The Bertz CT molecular complexity index is 431. The molecule has 1 aliphatic rings. The average Bonchev–Trinajstić information content (AvgIpc) is 2.38. The number of rotatable bonds is 2. The largest absolute Gasteiger partial charge is 0.381 e. The summed E-state index contributed by atoms with van der Waals surface area (Å²) in [5, 5.41) is 0. The van der Waals surface area contributed by atoms with Crippen molar-refractivity contribution in [1.29, 1.82) is 0 Å². The van der Waals surface area contributed by atoms with Gasteiger partial charge >= 0.3 is 0 Å². The molecule has 1 saturated carbocycles. The molecule has 0 bridgehead atoms. The second-order valence-electron chi connectivity index (χ2n) is 6.55. The Hall–Kier alpha value is -0.410. The van der Waals surface area contributed by atoms with Crippen LogP contribution in [0, 0.1) is 0 Å². The Morgan fingerprint density at radius 1 is 1.21 bits per heavy atom. The van der Waals surface area contributed by atoms with E-state index in [4.69, 9.17) is 4.74 Å². The van der Waals surface area contributed by atoms with Crippen LogP contribution in [0.25, 0.3) is 0 Å². The van der Waals surface area contributed by atoms with Crippen molar-refractivity contribution >= 4 is 15.9 Å². The molecule has 0 N–H and O–H groups in total. The topological polar surface area (TPSA) is 22.1 Å². The van der Waals surface area contributed by atoms with Crippen molar-refractivity contribution < 1.29 is 4.74 Å². The molecule has 0 aromatic carbocycles. The summed E-state index contributed by atoms with van der Waals surface area (Å²) in [7, 11) is 1.82. The van der Waals surface area contributed by atoms with Crippen LogP contribution in [-0.4, -0.2) is 18.2 Å². The molecule has 0 atom stereocenters. The minimum atomic E-state index is 0.110. The summed E-state index contributed by atoms with van der Waals surface area (Å²) in [4.78, 5) is 4.56. The minimum absolute atomic E-state index is 0.110. The Morgan fingerprint density at radius 3 is 2.37 bits per heavy atom. The van der Waals surface area contributed by atoms with E-state index in [9.17, 15) is 0 Å². The molecule has 0 amide bonds. The molecule has 0 spiro atoms. The number of pyridine rings is 1. The first-order chi connectivity index (χ1) is 8.91. The zero-order valence-corrected chi connectivity index (χ0v) is 14.0. The highest BCUT2D eigenvalue weighted by atomic mass is 79.9. The maximum atomic E-state index is 5.46. The van der Waals surface area contributed by atoms with Crippen molar-refractivity contribution in [3.63, 3.8) is 0 Å². The van der Waals surface area contributed by atoms with E-state index in [1.54, 1.807) is 0 Å². The van der Waals surface area contributed by atoms with Crippen LogP contribution in [0.3, 0.4) is 0 Å². The fourth-order valence-corrected chi connectivity index (χ4v) is 3.33. The van der Waals surface area contributed by atoms with Gasteiger partial charge < -0.3 is 4.74 Å². The number of methoxy groups -OCH3 is 1. The van der Waals surface area contributed by atoms with Crippen LogP contribution in [0.5, 0.6) is 0 Å². The molecule has 1 aliphatic carbocycles. The molecule has 0 radical (unpaired) electrons. The molecule has 1 aromatic rings. The van der Waals surface area contributed by atoms with Crippen LogP contribution in [0.1, 0.15) is 63.6 Å². The van der Waals surface area contributed by atoms with Gasteiger partial charge in [0, 0.05) is 28.9 Å². The van der Waals surface area contributed by atoms with E-state index in [-0.39, 0.29) is 5.41 Å². The van der Waals surface area contributed by atoms with E-state index in [0.29, 0.717) is 12.0 Å². The Balaban J connectivity index is 2.20. The normalized spacial score (nSPS) is 24.5. The van der Waals surface area contributed by atoms with E-state index in [2.05, 4.69) is 47.8 Å². The Kier molecular flexibility index (Phi) is 4.67. The van der Waals surface area contributed by atoms with Gasteiger partial charge in [-0.25, -0.2) is 0 Å². The van der Waals surface area contributed by atoms with Crippen LogP contribution < -0.4 is 0 Å². The molecule has 19 heavy (non-hydrogen) atoms. The highest BCUT2D eigenvalue weighted by Crippen LogP contribution is 2.38. The highest BCUT2D eigenvalue weighted by Gasteiger charge is 2.25. The first kappa shape index (κ1) is 15.0. The van der Waals surface area contributed by atoms with Gasteiger partial charge in [-0.15, -0.1) is 0 Å². The lowest BCUT2D eigenvalue weighted by molar-refractivity contribution is 0.0658. The summed E-state index contributed by atoms with van der Waals surface area (Å²) in [5.41, 5.74) is 2.72. The van der Waals surface area contributed by atoms with Gasteiger partial charge in [-0.2, -0.15) is 0 Å². The number of hydrogen-bond acceptors (Lipinski definition) is 2. The lowest BCUT2D eigenvalue weighted by atomic mass is 9.81. The third-order valence-corrected chi connectivity index (χ3v) is 4.76. The van der Waals surface area contributed by atoms with Crippen molar-refractivity contribution in [3.8, 4) is 0 Å². The predicted octanol–water partition coefficient (Wildman–Crippen LogP) is 4.81. The summed E-state index contributed by atoms with van der Waals surface area (Å²) in [6.07, 6.45) is 7.19. The van der Waals surface area contributed by atoms with Gasteiger partial charge in [-0.1, -0.05) is 20.8 Å². The maximum absolute atomic E-state index is 5.46. The molecule has 0 aliphatic heterocycles. The third-order valence-electron chi connectivity index (χ3n) is 4.10. The number of nitrogens with zero attached hydrogens (tertiary/aromatic N) is 1. The molecule has 0 saturated heterocycles. The molecule has 2 rings (SSSR count). The van der Waals surface area contributed by atoms with Crippen LogP contribution in [0.2, 0.25) is 0 Å². The van der Waals surface area contributed by atoms with Crippen LogP contribution >= 0.6 is 15.9 Å². The van der Waals surface area contributed by atoms with Crippen LogP contribution in [0.15, 0.2) is 16.7 Å². The van der Waals surface area contributed by atoms with E-state index >= 15 is 0 Å². The smallest absolute Gasteiger partial charge is 0.0571 e. The van der Waals surface area contributed by atoms with Gasteiger partial charge in [0.2, 0.25) is 0 Å². The Morgan fingerprint density at radius 2 is 1.84 bits per heavy atom. The molecule has 0 unspecified atom stereocenters. The molecule has 3 heteroatoms. The summed E-state index contributed by atoms with van der Waals surface area (Å²) in [6.45, 7) is 6.65. The summed E-state index contributed by atoms with van der Waals surface area (Å²) in [5.74, 6) is 0.643. The highest BCUT2D eigenvalue weighted by molar-refractivity contribution is 9.10. The lowest BCUT2D eigenvalue weighted by Gasteiger charge is -2.29. The zero-order valence-electron chi connectivity index (χ0n) is 12.4. The number of ether oxygens (including phenoxy) is 1. The van der Waals surface area contributed by atoms with Crippen molar-refractivity contribution in [1.82, 2.24) is 4.98 Å². The van der Waals surface area contributed by atoms with Crippen molar-refractivity contribution in [2.45, 2.75) is 63.9 Å². The van der Waals surface area contributed by atoms with E-state index in [0.717, 1.165) is 4.47 Å². The fraction of sp³-hybridized carbons (Fsp3) is 0.688. The SMILES string of the molecule is CO[C@H]1CC[C@@H](c2cc(C(C)(C)C)ncc2Br)CC1. The fourth-order valence-electron chi connectivity index (χ4n) is 2.79. The molecule has 1 fully saturated rings. The van der Waals surface area contributed by atoms with Gasteiger partial charge in [0.15, 0.2) is 0 Å². The first-order valence-corrected chi connectivity index (χ1v) is 7.90. The minimum Gasteiger partial charge on any atom is -0.381 e. The van der Waals surface area contributed by atoms with Crippen molar-refractivity contribution in [2.75, 3.05) is 7.11 Å². The molecular formula is C16H24BrNO. The summed E-state index contributed by atoms with van der Waals surface area (Å²) >= 11 is 3.67. The van der Waals surface area contributed by atoms with Gasteiger partial charge in [-0.3, -0.25) is 4.98 Å². The first-order valence-electron chi connectivity index (χ1n) is 7.10. The zero-order chi connectivity index (χ0) is 14.0. The van der Waals surface area contributed by atoms with Gasteiger partial charge in [-0.05, 0) is 59.2 Å². The van der Waals surface area contributed by atoms with Gasteiger partial charge in [0.05, 0.1) is 6.10 Å². The van der Waals surface area contributed by atoms with E-state index < -0.39 is 0 Å². The monoisotopic (exact) mass is 325 g/mol. The molecular weight excluding hydrogens is 302 g/mol. The van der Waals surface area contributed by atoms with Gasteiger partial charge in [0.25, 0.3) is 0 Å². The standard InChI is InChI=1S/C16H24BrNO/c1-16(2,3)15-9-13(14(17)10-18-15)11-5-7-12(19-4)8-6-11/h9-12H,5-8H2,1-4H3/t11-,12+. The van der Waals surface area contributed by atoms with Crippen molar-refractivity contribution in [2.24, 2.45) is 0 Å². The van der Waals surface area contributed by atoms with E-state index in [1.807, 2.05) is 13.3 Å². The summed E-state index contributed by atoms with van der Waals surface area (Å²) < 4.78 is 6.61. The summed E-state index contributed by atoms with van der Waals surface area (Å²) in [6, 6.07) is 2.29. The number of aromatic nitrogens is 1. The predicted molar refractivity (Wildman–Crippen MR) is 82.6 cm³/mol. The average molecular weight is 326 g/mol. The quantitative estimate of drug-likeness (QED) is 0.778. The Labute approximate surface area is 125 Å². The molecule has 1 heterocycles. The van der Waals surface area contributed by atoms with Crippen LogP contribution in [-0.2, 0) is 10.2 Å². The van der Waals surface area contributed by atoms with Crippen molar-refractivity contribution in [3.05, 3.63) is 28.0 Å². The number of hydrogen-bond donors (Lipinski definition) is 0. The maximum Gasteiger partial charge on any atom is 0.0571 e. The molecule has 1 aromatic heterocycles. The van der Waals surface area contributed by atoms with Crippen LogP contribution in [0.4, 0.5) is 0 Å². The molecule has 106 valence electrons. The molecule has 2 nitrogen and oxygen atoms in total. The lowest BCUT2D eigenvalue weighted by Crippen LogP contribution is -2.20. The van der Waals surface area contributed by atoms with E-state index in [1.165, 1.54) is 36.9 Å². The van der Waals surface area contributed by atoms with Gasteiger partial charge in [0.1, 0.15) is 0 Å². The second kappa shape index (κ2) is 5.92. The second-order valence-corrected chi connectivity index (χ2v) is 7.40.